The van der Waals surface area contributed by atoms with Gasteiger partial charge in [-0.25, -0.2) is 13.9 Å². The third kappa shape index (κ3) is 1.64. The third-order valence-electron chi connectivity index (χ3n) is 1.90. The van der Waals surface area contributed by atoms with Gasteiger partial charge >= 0.3 is 5.97 Å². The van der Waals surface area contributed by atoms with Gasteiger partial charge in [-0.15, -0.1) is 0 Å². The topological polar surface area (TPSA) is 46.1 Å². The Hall–Kier alpha value is -1.32. The fourth-order valence-corrected chi connectivity index (χ4v) is 1.19. The van der Waals surface area contributed by atoms with Crippen molar-refractivity contribution < 1.29 is 14.5 Å². The summed E-state index contributed by atoms with van der Waals surface area (Å²) in [5.41, 5.74) is 0. The van der Waals surface area contributed by atoms with Gasteiger partial charge in [0.25, 0.3) is 5.82 Å². The summed E-state index contributed by atoms with van der Waals surface area (Å²) >= 11 is 0. The van der Waals surface area contributed by atoms with E-state index in [0.717, 1.165) is 12.4 Å². The maximum atomic E-state index is 10.4. The van der Waals surface area contributed by atoms with E-state index < -0.39 is 5.97 Å². The van der Waals surface area contributed by atoms with Gasteiger partial charge in [-0.2, -0.15) is 0 Å². The van der Waals surface area contributed by atoms with Crippen LogP contribution in [0.3, 0.4) is 0 Å². The minimum absolute atomic E-state index is 0.0405. The highest BCUT2D eigenvalue weighted by Gasteiger charge is 2.12. The Kier molecular flexibility index (Phi) is 2.47. The van der Waals surface area contributed by atoms with E-state index in [9.17, 15) is 4.79 Å². The molecule has 4 heteroatoms. The van der Waals surface area contributed by atoms with Gasteiger partial charge < -0.3 is 5.11 Å². The lowest BCUT2D eigenvalue weighted by Crippen LogP contribution is -2.39. The Morgan fingerprint density at radius 1 is 1.75 bits per heavy atom. The molecule has 0 aliphatic rings. The van der Waals surface area contributed by atoms with E-state index in [4.69, 9.17) is 5.11 Å². The first-order valence-corrected chi connectivity index (χ1v) is 3.92. The van der Waals surface area contributed by atoms with Crippen molar-refractivity contribution in [2.45, 2.75) is 26.9 Å². The summed E-state index contributed by atoms with van der Waals surface area (Å²) in [5.74, 6) is 0.164. The molecule has 1 aromatic heterocycles. The number of carbonyl (C=O) groups is 1. The van der Waals surface area contributed by atoms with Crippen LogP contribution in [0, 0.1) is 6.92 Å². The van der Waals surface area contributed by atoms with Crippen molar-refractivity contribution in [1.29, 1.82) is 0 Å². The van der Waals surface area contributed by atoms with Crippen molar-refractivity contribution in [2.75, 3.05) is 0 Å². The molecule has 0 atom stereocenters. The van der Waals surface area contributed by atoms with Crippen molar-refractivity contribution >= 4 is 5.97 Å². The van der Waals surface area contributed by atoms with Gasteiger partial charge in [0.1, 0.15) is 12.4 Å². The van der Waals surface area contributed by atoms with E-state index in [1.807, 2.05) is 24.6 Å². The lowest BCUT2D eigenvalue weighted by Gasteiger charge is -1.94. The monoisotopic (exact) mass is 169 g/mol. The molecule has 0 bridgehead atoms. The van der Waals surface area contributed by atoms with Gasteiger partial charge in [-0.3, -0.25) is 0 Å². The minimum Gasteiger partial charge on any atom is -0.478 e. The predicted octanol–water partition coefficient (Wildman–Crippen LogP) is 0.189. The van der Waals surface area contributed by atoms with Crippen molar-refractivity contribution in [1.82, 2.24) is 4.57 Å². The van der Waals surface area contributed by atoms with Crippen molar-refractivity contribution in [3.63, 3.8) is 0 Å². The van der Waals surface area contributed by atoms with Gasteiger partial charge in [-0.05, 0) is 6.92 Å². The summed E-state index contributed by atoms with van der Waals surface area (Å²) in [7, 11) is 0. The highest BCUT2D eigenvalue weighted by Crippen LogP contribution is 1.92. The molecule has 0 unspecified atom stereocenters. The highest BCUT2D eigenvalue weighted by atomic mass is 16.4. The molecule has 66 valence electrons. The van der Waals surface area contributed by atoms with Crippen molar-refractivity contribution in [2.24, 2.45) is 0 Å². The molecule has 0 aromatic carbocycles. The van der Waals surface area contributed by atoms with Crippen LogP contribution in [0.15, 0.2) is 12.4 Å². The predicted molar refractivity (Wildman–Crippen MR) is 42.7 cm³/mol. The quantitative estimate of drug-likeness (QED) is 0.656. The van der Waals surface area contributed by atoms with E-state index in [1.165, 1.54) is 0 Å². The standard InChI is InChI=1S/C8H12N2O2/c1-3-9-4-5-10(7(9)2)6-8(11)12/h4-5H,3,6H2,1-2H3/p+1. The normalized spacial score (nSPS) is 10.2. The molecule has 0 radical (unpaired) electrons. The Balaban J connectivity index is 2.87. The summed E-state index contributed by atoms with van der Waals surface area (Å²) in [6.07, 6.45) is 3.67. The Morgan fingerprint density at radius 2 is 2.42 bits per heavy atom. The molecule has 1 heterocycles. The molecule has 0 spiro atoms. The van der Waals surface area contributed by atoms with Crippen LogP contribution in [0.1, 0.15) is 12.7 Å². The van der Waals surface area contributed by atoms with Gasteiger partial charge in [-0.1, -0.05) is 0 Å². The average Bonchev–Trinajstić information content (AvgIpc) is 2.32. The number of aliphatic carboxylic acids is 1. The van der Waals surface area contributed by atoms with E-state index >= 15 is 0 Å². The maximum Gasteiger partial charge on any atom is 0.346 e. The third-order valence-corrected chi connectivity index (χ3v) is 1.90. The molecule has 0 aliphatic carbocycles. The molecule has 12 heavy (non-hydrogen) atoms. The lowest BCUT2D eigenvalue weighted by molar-refractivity contribution is -0.691. The number of aromatic nitrogens is 2. The average molecular weight is 169 g/mol. The minimum atomic E-state index is -0.808. The van der Waals surface area contributed by atoms with Crippen LogP contribution in [-0.4, -0.2) is 15.6 Å². The fraction of sp³-hybridized carbons (Fsp3) is 0.500. The number of aryl methyl sites for hydroxylation is 1. The zero-order valence-electron chi connectivity index (χ0n) is 7.32. The van der Waals surface area contributed by atoms with Crippen LogP contribution in [0.5, 0.6) is 0 Å². The van der Waals surface area contributed by atoms with Gasteiger partial charge in [0.05, 0.1) is 6.54 Å². The summed E-state index contributed by atoms with van der Waals surface area (Å²) < 4.78 is 3.72. The smallest absolute Gasteiger partial charge is 0.346 e. The number of carboxylic acid groups (broad SMARTS) is 1. The summed E-state index contributed by atoms with van der Waals surface area (Å²) in [6.45, 7) is 4.85. The number of nitrogens with zero attached hydrogens (tertiary/aromatic N) is 2. The summed E-state index contributed by atoms with van der Waals surface area (Å²) in [5, 5.41) is 8.54. The largest absolute Gasteiger partial charge is 0.478 e. The van der Waals surface area contributed by atoms with Gasteiger partial charge in [0, 0.05) is 6.92 Å². The number of hydrogen-bond donors (Lipinski definition) is 1. The molecule has 1 aromatic rings. The van der Waals surface area contributed by atoms with Gasteiger partial charge in [0.15, 0.2) is 6.54 Å². The Labute approximate surface area is 71.1 Å². The Morgan fingerprint density at radius 3 is 2.83 bits per heavy atom. The summed E-state index contributed by atoms with van der Waals surface area (Å²) in [4.78, 5) is 10.4. The maximum absolute atomic E-state index is 10.4. The van der Waals surface area contributed by atoms with Crippen molar-refractivity contribution in [3.8, 4) is 0 Å². The zero-order valence-corrected chi connectivity index (χ0v) is 7.32. The fourth-order valence-electron chi connectivity index (χ4n) is 1.19. The second kappa shape index (κ2) is 3.38. The molecule has 1 rings (SSSR count). The molecule has 0 saturated heterocycles. The molecule has 0 saturated carbocycles. The zero-order chi connectivity index (χ0) is 9.14. The van der Waals surface area contributed by atoms with Crippen LogP contribution in [0.25, 0.3) is 0 Å². The second-order valence-electron chi connectivity index (χ2n) is 2.65. The first-order chi connectivity index (χ1) is 5.65. The van der Waals surface area contributed by atoms with Crippen LogP contribution >= 0.6 is 0 Å². The first kappa shape index (κ1) is 8.77. The number of imidazole rings is 1. The van der Waals surface area contributed by atoms with Crippen LogP contribution in [-0.2, 0) is 17.9 Å². The van der Waals surface area contributed by atoms with E-state index in [0.29, 0.717) is 0 Å². The highest BCUT2D eigenvalue weighted by molar-refractivity contribution is 5.64. The number of rotatable bonds is 3. The molecular formula is C8H13N2O2+. The van der Waals surface area contributed by atoms with E-state index in [2.05, 4.69) is 0 Å². The molecular weight excluding hydrogens is 156 g/mol. The molecule has 0 fully saturated rings. The summed E-state index contributed by atoms with van der Waals surface area (Å²) in [6, 6.07) is 0. The second-order valence-corrected chi connectivity index (χ2v) is 2.65. The van der Waals surface area contributed by atoms with Crippen LogP contribution < -0.4 is 4.57 Å². The molecule has 0 aliphatic heterocycles. The number of hydrogen-bond acceptors (Lipinski definition) is 1. The lowest BCUT2D eigenvalue weighted by atomic mass is 10.5. The van der Waals surface area contributed by atoms with Crippen LogP contribution in [0.2, 0.25) is 0 Å². The van der Waals surface area contributed by atoms with E-state index in [1.54, 1.807) is 10.8 Å². The van der Waals surface area contributed by atoms with Gasteiger partial charge in [0.2, 0.25) is 0 Å². The molecule has 1 N–H and O–H groups in total. The van der Waals surface area contributed by atoms with E-state index in [-0.39, 0.29) is 6.54 Å². The van der Waals surface area contributed by atoms with Crippen LogP contribution in [0.4, 0.5) is 0 Å². The SMILES string of the molecule is CCn1cc[n+](CC(=O)O)c1C. The van der Waals surface area contributed by atoms with Crippen molar-refractivity contribution in [3.05, 3.63) is 18.2 Å². The Bertz CT molecular complexity index is 291. The molecule has 0 amide bonds. The first-order valence-electron chi connectivity index (χ1n) is 3.92. The number of carboxylic acids is 1. The molecule has 4 nitrogen and oxygen atoms in total.